The van der Waals surface area contributed by atoms with Gasteiger partial charge in [0, 0.05) is 12.5 Å². The van der Waals surface area contributed by atoms with Crippen LogP contribution in [0.15, 0.2) is 24.3 Å². The first-order chi connectivity index (χ1) is 9.29. The lowest BCUT2D eigenvalue weighted by molar-refractivity contribution is -0.137. The quantitative estimate of drug-likeness (QED) is 0.865. The van der Waals surface area contributed by atoms with E-state index >= 15 is 0 Å². The molecule has 0 radical (unpaired) electrons. The van der Waals surface area contributed by atoms with Crippen molar-refractivity contribution >= 4 is 12.2 Å². The van der Waals surface area contributed by atoms with E-state index in [2.05, 4.69) is 10.2 Å². The third kappa shape index (κ3) is 3.09. The third-order valence-electron chi connectivity index (χ3n) is 2.94. The molecule has 0 saturated heterocycles. The summed E-state index contributed by atoms with van der Waals surface area (Å²) < 4.78 is 39.8. The number of nitrogens with zero attached hydrogens (tertiary/aromatic N) is 2. The summed E-state index contributed by atoms with van der Waals surface area (Å²) in [7, 11) is 0. The van der Waals surface area contributed by atoms with Crippen LogP contribution >= 0.6 is 12.2 Å². The van der Waals surface area contributed by atoms with Crippen LogP contribution in [0.4, 0.5) is 13.2 Å². The van der Waals surface area contributed by atoms with Crippen LogP contribution < -0.4 is 0 Å². The van der Waals surface area contributed by atoms with Gasteiger partial charge in [-0.05, 0) is 43.8 Å². The second-order valence-corrected chi connectivity index (χ2v) is 5.17. The number of benzene rings is 1. The van der Waals surface area contributed by atoms with Gasteiger partial charge < -0.3 is 4.57 Å². The van der Waals surface area contributed by atoms with Crippen LogP contribution in [0.1, 0.15) is 36.8 Å². The Morgan fingerprint density at radius 1 is 1.25 bits per heavy atom. The van der Waals surface area contributed by atoms with Gasteiger partial charge in [0.2, 0.25) is 0 Å². The number of nitrogens with one attached hydrogen (secondary N) is 1. The van der Waals surface area contributed by atoms with Gasteiger partial charge in [-0.15, -0.1) is 0 Å². The predicted octanol–water partition coefficient (Wildman–Crippen LogP) is 4.13. The molecule has 2 rings (SSSR count). The molecule has 3 nitrogen and oxygen atoms in total. The number of H-pyrrole nitrogens is 1. The van der Waals surface area contributed by atoms with E-state index in [1.807, 2.05) is 18.4 Å². The molecular weight excluding hydrogens is 287 g/mol. The van der Waals surface area contributed by atoms with Crippen molar-refractivity contribution in [3.8, 4) is 0 Å². The fourth-order valence-electron chi connectivity index (χ4n) is 1.99. The van der Waals surface area contributed by atoms with Crippen LogP contribution in [-0.2, 0) is 12.6 Å². The summed E-state index contributed by atoms with van der Waals surface area (Å²) in [5, 5.41) is 6.84. The van der Waals surface area contributed by atoms with Gasteiger partial charge in [0.15, 0.2) is 4.77 Å². The molecule has 1 heterocycles. The van der Waals surface area contributed by atoms with E-state index in [1.165, 1.54) is 12.1 Å². The standard InChI is InChI=1S/C13H14F3N3S/c1-8(2)19-11(17-18-12(19)20)7-9-3-5-10(6-4-9)13(14,15)16/h3-6,8H,7H2,1-2H3,(H,18,20). The van der Waals surface area contributed by atoms with Crippen LogP contribution in [-0.4, -0.2) is 14.8 Å². The minimum atomic E-state index is -4.31. The minimum Gasteiger partial charge on any atom is -0.301 e. The number of hydrogen-bond donors (Lipinski definition) is 1. The van der Waals surface area contributed by atoms with Crippen LogP contribution in [0.5, 0.6) is 0 Å². The van der Waals surface area contributed by atoms with E-state index in [0.717, 1.165) is 17.7 Å². The maximum atomic E-state index is 12.5. The number of halogens is 3. The van der Waals surface area contributed by atoms with Gasteiger partial charge in [-0.2, -0.15) is 18.3 Å². The highest BCUT2D eigenvalue weighted by Crippen LogP contribution is 2.29. The Morgan fingerprint density at radius 3 is 2.35 bits per heavy atom. The second-order valence-electron chi connectivity index (χ2n) is 4.78. The number of rotatable bonds is 3. The van der Waals surface area contributed by atoms with E-state index in [9.17, 15) is 13.2 Å². The molecule has 1 aromatic carbocycles. The van der Waals surface area contributed by atoms with Gasteiger partial charge in [0.05, 0.1) is 5.56 Å². The lowest BCUT2D eigenvalue weighted by atomic mass is 10.1. The molecule has 0 saturated carbocycles. The summed E-state index contributed by atoms with van der Waals surface area (Å²) in [5.74, 6) is 0.713. The van der Waals surface area contributed by atoms with E-state index < -0.39 is 11.7 Å². The van der Waals surface area contributed by atoms with Crippen molar-refractivity contribution < 1.29 is 13.2 Å². The Kier molecular flexibility index (Phi) is 3.99. The minimum absolute atomic E-state index is 0.144. The van der Waals surface area contributed by atoms with Gasteiger partial charge in [-0.3, -0.25) is 5.10 Å². The van der Waals surface area contributed by atoms with Crippen molar-refractivity contribution in [2.24, 2.45) is 0 Å². The van der Waals surface area contributed by atoms with E-state index in [0.29, 0.717) is 17.0 Å². The third-order valence-corrected chi connectivity index (χ3v) is 3.23. The highest BCUT2D eigenvalue weighted by molar-refractivity contribution is 7.71. The zero-order chi connectivity index (χ0) is 14.9. The first-order valence-corrected chi connectivity index (χ1v) is 6.52. The van der Waals surface area contributed by atoms with Gasteiger partial charge in [0.25, 0.3) is 0 Å². The topological polar surface area (TPSA) is 33.6 Å². The molecule has 0 atom stereocenters. The zero-order valence-electron chi connectivity index (χ0n) is 11.0. The normalized spacial score (nSPS) is 12.1. The van der Waals surface area contributed by atoms with Gasteiger partial charge in [-0.25, -0.2) is 0 Å². The van der Waals surface area contributed by atoms with Crippen molar-refractivity contribution in [3.05, 3.63) is 46.0 Å². The molecule has 0 fully saturated rings. The molecule has 0 amide bonds. The first kappa shape index (κ1) is 14.8. The van der Waals surface area contributed by atoms with Crippen molar-refractivity contribution in [2.45, 2.75) is 32.5 Å². The van der Waals surface area contributed by atoms with Crippen LogP contribution in [0.25, 0.3) is 0 Å². The number of aromatic amines is 1. The van der Waals surface area contributed by atoms with Gasteiger partial charge in [0.1, 0.15) is 5.82 Å². The van der Waals surface area contributed by atoms with Crippen LogP contribution in [0.2, 0.25) is 0 Å². The molecule has 1 aromatic heterocycles. The zero-order valence-corrected chi connectivity index (χ0v) is 11.8. The van der Waals surface area contributed by atoms with Crippen molar-refractivity contribution in [2.75, 3.05) is 0 Å². The van der Waals surface area contributed by atoms with E-state index in [1.54, 1.807) is 0 Å². The summed E-state index contributed by atoms with van der Waals surface area (Å²) in [5.41, 5.74) is 0.109. The summed E-state index contributed by atoms with van der Waals surface area (Å²) in [6.07, 6.45) is -3.88. The Balaban J connectivity index is 2.25. The average Bonchev–Trinajstić information content (AvgIpc) is 2.70. The molecule has 0 unspecified atom stereocenters. The molecule has 0 aliphatic carbocycles. The molecule has 1 N–H and O–H groups in total. The van der Waals surface area contributed by atoms with Crippen molar-refractivity contribution in [3.63, 3.8) is 0 Å². The second kappa shape index (κ2) is 5.40. The van der Waals surface area contributed by atoms with Crippen molar-refractivity contribution in [1.29, 1.82) is 0 Å². The van der Waals surface area contributed by atoms with Crippen LogP contribution in [0, 0.1) is 4.77 Å². The maximum absolute atomic E-state index is 12.5. The van der Waals surface area contributed by atoms with Crippen LogP contribution in [0.3, 0.4) is 0 Å². The fourth-order valence-corrected chi connectivity index (χ4v) is 2.35. The smallest absolute Gasteiger partial charge is 0.301 e. The first-order valence-electron chi connectivity index (χ1n) is 6.11. The Hall–Kier alpha value is -1.63. The lowest BCUT2D eigenvalue weighted by Crippen LogP contribution is -2.08. The largest absolute Gasteiger partial charge is 0.416 e. The summed E-state index contributed by atoms with van der Waals surface area (Å²) in [6, 6.07) is 5.23. The maximum Gasteiger partial charge on any atom is 0.416 e. The summed E-state index contributed by atoms with van der Waals surface area (Å²) in [6.45, 7) is 3.95. The Labute approximate surface area is 119 Å². The van der Waals surface area contributed by atoms with Gasteiger partial charge in [-0.1, -0.05) is 12.1 Å². The molecular formula is C13H14F3N3S. The molecule has 2 aromatic rings. The van der Waals surface area contributed by atoms with Crippen molar-refractivity contribution in [1.82, 2.24) is 14.8 Å². The number of alkyl halides is 3. The molecule has 108 valence electrons. The van der Waals surface area contributed by atoms with Gasteiger partial charge >= 0.3 is 6.18 Å². The summed E-state index contributed by atoms with van der Waals surface area (Å²) >= 11 is 5.13. The molecule has 7 heteroatoms. The molecule has 0 aliphatic rings. The Bertz CT molecular complexity index is 638. The lowest BCUT2D eigenvalue weighted by Gasteiger charge is -2.11. The average molecular weight is 301 g/mol. The molecule has 0 aliphatic heterocycles. The Morgan fingerprint density at radius 2 is 1.85 bits per heavy atom. The SMILES string of the molecule is CC(C)n1c(Cc2ccc(C(F)(F)F)cc2)n[nH]c1=S. The highest BCUT2D eigenvalue weighted by Gasteiger charge is 2.29. The predicted molar refractivity (Wildman–Crippen MR) is 72.0 cm³/mol. The molecule has 20 heavy (non-hydrogen) atoms. The highest BCUT2D eigenvalue weighted by atomic mass is 32.1. The number of aromatic nitrogens is 3. The monoisotopic (exact) mass is 301 g/mol. The van der Waals surface area contributed by atoms with E-state index in [4.69, 9.17) is 12.2 Å². The number of hydrogen-bond acceptors (Lipinski definition) is 2. The molecule has 0 spiro atoms. The van der Waals surface area contributed by atoms with E-state index in [-0.39, 0.29) is 6.04 Å². The summed E-state index contributed by atoms with van der Waals surface area (Å²) in [4.78, 5) is 0. The fraction of sp³-hybridized carbons (Fsp3) is 0.385. The molecule has 0 bridgehead atoms.